The fraction of sp³-hybridized carbons (Fsp3) is 0.308. The highest BCUT2D eigenvalue weighted by Gasteiger charge is 2.12. The summed E-state index contributed by atoms with van der Waals surface area (Å²) in [7, 11) is 1.64. The number of halogens is 3. The van der Waals surface area contributed by atoms with E-state index >= 15 is 0 Å². The lowest BCUT2D eigenvalue weighted by molar-refractivity contribution is 0.190. The second-order valence-electron chi connectivity index (χ2n) is 4.16. The van der Waals surface area contributed by atoms with Gasteiger partial charge in [-0.25, -0.2) is 13.8 Å². The summed E-state index contributed by atoms with van der Waals surface area (Å²) in [4.78, 5) is 4.12. The fourth-order valence-electron chi connectivity index (χ4n) is 1.77. The van der Waals surface area contributed by atoms with Gasteiger partial charge in [0.2, 0.25) is 5.95 Å². The summed E-state index contributed by atoms with van der Waals surface area (Å²) in [6, 6.07) is 2.02. The number of imidazole rings is 1. The molecule has 0 saturated carbocycles. The average molecular weight is 346 g/mol. The van der Waals surface area contributed by atoms with E-state index < -0.39 is 11.6 Å². The Hall–Kier alpha value is -1.47. The molecule has 1 N–H and O–H groups in total. The predicted molar refractivity (Wildman–Crippen MR) is 76.1 cm³/mol. The van der Waals surface area contributed by atoms with E-state index in [0.717, 1.165) is 12.5 Å². The summed E-state index contributed by atoms with van der Waals surface area (Å²) in [6.45, 7) is 1.32. The van der Waals surface area contributed by atoms with E-state index in [1.54, 1.807) is 19.5 Å². The number of nitrogens with zero attached hydrogens (tertiary/aromatic N) is 2. The first-order valence-electron chi connectivity index (χ1n) is 6.03. The van der Waals surface area contributed by atoms with E-state index in [4.69, 9.17) is 4.74 Å². The molecule has 2 rings (SSSR count). The molecule has 0 unspecified atom stereocenters. The number of hydrogen-bond acceptors (Lipinski definition) is 3. The molecule has 108 valence electrons. The molecule has 0 amide bonds. The Morgan fingerprint density at radius 2 is 2.20 bits per heavy atom. The Bertz CT molecular complexity index is 566. The summed E-state index contributed by atoms with van der Waals surface area (Å²) >= 11 is 3.13. The molecule has 0 bridgehead atoms. The maximum absolute atomic E-state index is 13.8. The number of methoxy groups -OCH3 is 1. The average Bonchev–Trinajstić information content (AvgIpc) is 2.81. The zero-order valence-electron chi connectivity index (χ0n) is 10.9. The van der Waals surface area contributed by atoms with E-state index in [-0.39, 0.29) is 5.69 Å². The minimum Gasteiger partial charge on any atom is -0.385 e. The Labute approximate surface area is 123 Å². The van der Waals surface area contributed by atoms with Crippen molar-refractivity contribution in [2.24, 2.45) is 0 Å². The van der Waals surface area contributed by atoms with Crippen LogP contribution in [0.25, 0.3) is 0 Å². The monoisotopic (exact) mass is 345 g/mol. The van der Waals surface area contributed by atoms with Crippen LogP contribution in [0.2, 0.25) is 0 Å². The number of anilines is 2. The van der Waals surface area contributed by atoms with E-state index in [9.17, 15) is 8.78 Å². The van der Waals surface area contributed by atoms with E-state index in [0.29, 0.717) is 23.6 Å². The third kappa shape index (κ3) is 3.55. The summed E-state index contributed by atoms with van der Waals surface area (Å²) in [5.41, 5.74) is 0.158. The van der Waals surface area contributed by atoms with Crippen molar-refractivity contribution in [3.05, 3.63) is 40.6 Å². The molecule has 20 heavy (non-hydrogen) atoms. The van der Waals surface area contributed by atoms with Crippen molar-refractivity contribution in [3.63, 3.8) is 0 Å². The summed E-state index contributed by atoms with van der Waals surface area (Å²) in [5, 5.41) is 2.87. The largest absolute Gasteiger partial charge is 0.385 e. The van der Waals surface area contributed by atoms with Gasteiger partial charge in [0, 0.05) is 43.2 Å². The molecular formula is C13H14BrF2N3O. The lowest BCUT2D eigenvalue weighted by Crippen LogP contribution is -2.06. The van der Waals surface area contributed by atoms with Gasteiger partial charge in [0.25, 0.3) is 0 Å². The molecule has 1 aromatic heterocycles. The quantitative estimate of drug-likeness (QED) is 0.811. The van der Waals surface area contributed by atoms with Crippen molar-refractivity contribution in [2.45, 2.75) is 13.0 Å². The van der Waals surface area contributed by atoms with Crippen LogP contribution in [0, 0.1) is 11.6 Å². The summed E-state index contributed by atoms with van der Waals surface area (Å²) in [5.74, 6) is -0.820. The standard InChI is InChI=1S/C13H14BrF2N3O/c1-20-6-2-4-19-5-3-17-13(19)18-12-10(14)7-9(15)8-11(12)16/h3,5,7-8H,2,4,6H2,1H3,(H,17,18). The Kier molecular flexibility index (Phi) is 5.08. The fourth-order valence-corrected chi connectivity index (χ4v) is 2.27. The van der Waals surface area contributed by atoms with Crippen LogP contribution in [-0.4, -0.2) is 23.3 Å². The second kappa shape index (κ2) is 6.81. The van der Waals surface area contributed by atoms with Crippen LogP contribution < -0.4 is 5.32 Å². The van der Waals surface area contributed by atoms with Crippen LogP contribution >= 0.6 is 15.9 Å². The molecule has 7 heteroatoms. The van der Waals surface area contributed by atoms with Crippen molar-refractivity contribution in [1.82, 2.24) is 9.55 Å². The van der Waals surface area contributed by atoms with E-state index in [1.165, 1.54) is 6.07 Å². The van der Waals surface area contributed by atoms with E-state index in [2.05, 4.69) is 26.2 Å². The lowest BCUT2D eigenvalue weighted by atomic mass is 10.3. The minimum atomic E-state index is -0.677. The molecule has 2 aromatic rings. The van der Waals surface area contributed by atoms with Crippen LogP contribution in [-0.2, 0) is 11.3 Å². The van der Waals surface area contributed by atoms with Crippen LogP contribution in [0.4, 0.5) is 20.4 Å². The van der Waals surface area contributed by atoms with Crippen LogP contribution in [0.3, 0.4) is 0 Å². The SMILES string of the molecule is COCCCn1ccnc1Nc1c(F)cc(F)cc1Br. The third-order valence-corrected chi connectivity index (χ3v) is 3.33. The third-order valence-electron chi connectivity index (χ3n) is 2.71. The number of ether oxygens (including phenoxy) is 1. The maximum atomic E-state index is 13.8. The molecule has 4 nitrogen and oxygen atoms in total. The van der Waals surface area contributed by atoms with Crippen molar-refractivity contribution < 1.29 is 13.5 Å². The van der Waals surface area contributed by atoms with Crippen LogP contribution in [0.5, 0.6) is 0 Å². The summed E-state index contributed by atoms with van der Waals surface area (Å²) < 4.78 is 33.9. The molecule has 0 saturated heterocycles. The van der Waals surface area contributed by atoms with E-state index in [1.807, 2.05) is 4.57 Å². The molecule has 0 aliphatic carbocycles. The van der Waals surface area contributed by atoms with Gasteiger partial charge in [-0.2, -0.15) is 0 Å². The van der Waals surface area contributed by atoms with Gasteiger partial charge in [-0.05, 0) is 28.4 Å². The number of aryl methyl sites for hydroxylation is 1. The smallest absolute Gasteiger partial charge is 0.207 e. The van der Waals surface area contributed by atoms with Gasteiger partial charge in [0.05, 0.1) is 5.69 Å². The minimum absolute atomic E-state index is 0.158. The first-order chi connectivity index (χ1) is 9.61. The van der Waals surface area contributed by atoms with Crippen molar-refractivity contribution in [1.29, 1.82) is 0 Å². The highest BCUT2D eigenvalue weighted by molar-refractivity contribution is 9.10. The number of nitrogens with one attached hydrogen (secondary N) is 1. The van der Waals surface area contributed by atoms with Crippen molar-refractivity contribution in [3.8, 4) is 0 Å². The maximum Gasteiger partial charge on any atom is 0.207 e. The Morgan fingerprint density at radius 1 is 1.40 bits per heavy atom. The van der Waals surface area contributed by atoms with Crippen molar-refractivity contribution in [2.75, 3.05) is 19.0 Å². The van der Waals surface area contributed by atoms with Crippen LogP contribution in [0.1, 0.15) is 6.42 Å². The molecule has 0 aliphatic rings. The molecule has 0 spiro atoms. The summed E-state index contributed by atoms with van der Waals surface area (Å²) in [6.07, 6.45) is 4.21. The Morgan fingerprint density at radius 3 is 2.90 bits per heavy atom. The zero-order chi connectivity index (χ0) is 14.5. The number of rotatable bonds is 6. The molecule has 0 aliphatic heterocycles. The number of aromatic nitrogens is 2. The molecule has 1 aromatic carbocycles. The Balaban J connectivity index is 2.16. The normalized spacial score (nSPS) is 10.8. The second-order valence-corrected chi connectivity index (χ2v) is 5.01. The van der Waals surface area contributed by atoms with Gasteiger partial charge in [-0.3, -0.25) is 0 Å². The predicted octanol–water partition coefficient (Wildman–Crippen LogP) is 3.70. The lowest BCUT2D eigenvalue weighted by Gasteiger charge is -2.12. The molecule has 1 heterocycles. The number of benzene rings is 1. The van der Waals surface area contributed by atoms with Gasteiger partial charge < -0.3 is 14.6 Å². The van der Waals surface area contributed by atoms with Gasteiger partial charge in [-0.1, -0.05) is 0 Å². The van der Waals surface area contributed by atoms with Gasteiger partial charge in [-0.15, -0.1) is 0 Å². The van der Waals surface area contributed by atoms with Crippen LogP contribution in [0.15, 0.2) is 29.0 Å². The zero-order valence-corrected chi connectivity index (χ0v) is 12.5. The molecule has 0 radical (unpaired) electrons. The first kappa shape index (κ1) is 14.9. The highest BCUT2D eigenvalue weighted by Crippen LogP contribution is 2.29. The van der Waals surface area contributed by atoms with Gasteiger partial charge in [0.1, 0.15) is 5.82 Å². The topological polar surface area (TPSA) is 39.1 Å². The van der Waals surface area contributed by atoms with Crippen molar-refractivity contribution >= 4 is 27.6 Å². The molecule has 0 fully saturated rings. The first-order valence-corrected chi connectivity index (χ1v) is 6.82. The highest BCUT2D eigenvalue weighted by atomic mass is 79.9. The number of hydrogen-bond donors (Lipinski definition) is 1. The molecular weight excluding hydrogens is 332 g/mol. The molecule has 0 atom stereocenters. The van der Waals surface area contributed by atoms with Gasteiger partial charge in [0.15, 0.2) is 5.82 Å². The van der Waals surface area contributed by atoms with Gasteiger partial charge >= 0.3 is 0 Å².